The molecule has 1 N–H and O–H groups in total. The van der Waals surface area contributed by atoms with E-state index >= 15 is 0 Å². The Balaban J connectivity index is 1.62. The van der Waals surface area contributed by atoms with Crippen molar-refractivity contribution in [3.63, 3.8) is 0 Å². The van der Waals surface area contributed by atoms with Crippen molar-refractivity contribution >= 4 is 38.9 Å². The third-order valence-corrected chi connectivity index (χ3v) is 8.22. The van der Waals surface area contributed by atoms with Crippen molar-refractivity contribution in [3.8, 4) is 0 Å². The van der Waals surface area contributed by atoms with Gasteiger partial charge in [-0.2, -0.15) is 4.31 Å². The highest BCUT2D eigenvalue weighted by Crippen LogP contribution is 2.27. The lowest BCUT2D eigenvalue weighted by Crippen LogP contribution is -2.46. The van der Waals surface area contributed by atoms with Gasteiger partial charge in [-0.05, 0) is 38.1 Å². The van der Waals surface area contributed by atoms with Crippen molar-refractivity contribution in [2.24, 2.45) is 0 Å². The Bertz CT molecular complexity index is 703. The van der Waals surface area contributed by atoms with Gasteiger partial charge in [0.1, 0.15) is 4.21 Å². The van der Waals surface area contributed by atoms with Crippen LogP contribution in [-0.2, 0) is 14.8 Å². The molecular formula is C17H29ClN4O3S2. The van der Waals surface area contributed by atoms with Gasteiger partial charge in [0.05, 0.1) is 10.9 Å². The van der Waals surface area contributed by atoms with E-state index in [0.29, 0.717) is 10.9 Å². The molecule has 10 heteroatoms. The monoisotopic (exact) mass is 436 g/mol. The summed E-state index contributed by atoms with van der Waals surface area (Å²) in [7, 11) is -2.27. The molecule has 1 amide bonds. The van der Waals surface area contributed by atoms with Crippen molar-refractivity contribution in [2.75, 3.05) is 59.4 Å². The predicted octanol–water partition coefficient (Wildman–Crippen LogP) is 1.56. The number of carbonyl (C=O) groups is 1. The first-order valence-electron chi connectivity index (χ1n) is 9.26. The molecule has 0 atom stereocenters. The van der Waals surface area contributed by atoms with Gasteiger partial charge in [-0.1, -0.05) is 18.5 Å². The number of amides is 1. The lowest BCUT2D eigenvalue weighted by molar-refractivity contribution is -0.121. The Morgan fingerprint density at radius 3 is 2.48 bits per heavy atom. The summed E-state index contributed by atoms with van der Waals surface area (Å²) in [5.74, 6) is -0.291. The number of sulfonamides is 1. The minimum absolute atomic E-state index is 0.144. The van der Waals surface area contributed by atoms with E-state index in [2.05, 4.69) is 22.0 Å². The molecule has 0 saturated carbocycles. The normalized spacial score (nSPS) is 16.7. The number of hydrogen-bond acceptors (Lipinski definition) is 6. The van der Waals surface area contributed by atoms with Crippen LogP contribution in [0.5, 0.6) is 0 Å². The summed E-state index contributed by atoms with van der Waals surface area (Å²) in [4.78, 5) is 16.9. The number of halogens is 1. The maximum Gasteiger partial charge on any atom is 0.252 e. The molecule has 27 heavy (non-hydrogen) atoms. The fourth-order valence-electron chi connectivity index (χ4n) is 2.95. The van der Waals surface area contributed by atoms with E-state index < -0.39 is 10.0 Å². The molecule has 0 bridgehead atoms. The molecule has 0 unspecified atom stereocenters. The van der Waals surface area contributed by atoms with E-state index in [-0.39, 0.29) is 16.7 Å². The molecule has 0 aromatic carbocycles. The van der Waals surface area contributed by atoms with Crippen LogP contribution >= 0.6 is 22.9 Å². The van der Waals surface area contributed by atoms with E-state index in [9.17, 15) is 13.2 Å². The highest BCUT2D eigenvalue weighted by atomic mass is 35.5. The second-order valence-corrected chi connectivity index (χ2v) is 10.6. The van der Waals surface area contributed by atoms with Crippen molar-refractivity contribution in [2.45, 2.75) is 24.0 Å². The van der Waals surface area contributed by atoms with Crippen LogP contribution in [-0.4, -0.2) is 87.8 Å². The van der Waals surface area contributed by atoms with Crippen molar-refractivity contribution < 1.29 is 13.2 Å². The predicted molar refractivity (Wildman–Crippen MR) is 110 cm³/mol. The standard InChI is InChI=1S/C17H29ClN4O3S2/c1-3-21-10-12-22(13-11-21)9-5-4-8-19-16(23)14-20(2)27(24,25)17-7-6-15(18)26-17/h6-7H,3-5,8-14H2,1-2H3,(H,19,23). The van der Waals surface area contributed by atoms with Gasteiger partial charge >= 0.3 is 0 Å². The van der Waals surface area contributed by atoms with E-state index in [1.54, 1.807) is 0 Å². The number of nitrogens with one attached hydrogen (secondary N) is 1. The summed E-state index contributed by atoms with van der Waals surface area (Å²) in [6, 6.07) is 2.99. The van der Waals surface area contributed by atoms with Crippen LogP contribution in [0, 0.1) is 0 Å². The Morgan fingerprint density at radius 1 is 1.22 bits per heavy atom. The minimum atomic E-state index is -3.67. The van der Waals surface area contributed by atoms with E-state index in [1.807, 2.05) is 0 Å². The van der Waals surface area contributed by atoms with Crippen LogP contribution in [0.3, 0.4) is 0 Å². The summed E-state index contributed by atoms with van der Waals surface area (Å²) in [6.07, 6.45) is 1.91. The molecule has 1 aromatic heterocycles. The van der Waals surface area contributed by atoms with Gasteiger partial charge in [0.2, 0.25) is 5.91 Å². The zero-order chi connectivity index (χ0) is 19.9. The number of thiophene rings is 1. The molecule has 7 nitrogen and oxygen atoms in total. The molecular weight excluding hydrogens is 408 g/mol. The van der Waals surface area contributed by atoms with Gasteiger partial charge in [-0.25, -0.2) is 8.42 Å². The highest BCUT2D eigenvalue weighted by Gasteiger charge is 2.24. The van der Waals surface area contributed by atoms with Crippen molar-refractivity contribution in [1.82, 2.24) is 19.4 Å². The molecule has 2 heterocycles. The summed E-state index contributed by atoms with van der Waals surface area (Å²) < 4.78 is 26.3. The number of piperazine rings is 1. The molecule has 1 aromatic rings. The fourth-order valence-corrected chi connectivity index (χ4v) is 5.77. The fraction of sp³-hybridized carbons (Fsp3) is 0.706. The van der Waals surface area contributed by atoms with Gasteiger partial charge in [-0.3, -0.25) is 4.79 Å². The van der Waals surface area contributed by atoms with E-state index in [0.717, 1.165) is 67.8 Å². The van der Waals surface area contributed by atoms with Gasteiger partial charge in [0.15, 0.2) is 0 Å². The number of likely N-dealkylation sites (N-methyl/N-ethyl adjacent to an activating group) is 2. The number of nitrogens with zero attached hydrogens (tertiary/aromatic N) is 3. The summed E-state index contributed by atoms with van der Waals surface area (Å²) in [5.41, 5.74) is 0. The topological polar surface area (TPSA) is 73.0 Å². The zero-order valence-corrected chi connectivity index (χ0v) is 18.4. The van der Waals surface area contributed by atoms with Crippen molar-refractivity contribution in [3.05, 3.63) is 16.5 Å². The maximum atomic E-state index is 12.4. The largest absolute Gasteiger partial charge is 0.355 e. The van der Waals surface area contributed by atoms with Crippen LogP contribution in [0.25, 0.3) is 0 Å². The molecule has 1 saturated heterocycles. The SMILES string of the molecule is CCN1CCN(CCCCNC(=O)CN(C)S(=O)(=O)c2ccc(Cl)s2)CC1. The second-order valence-electron chi connectivity index (χ2n) is 6.65. The van der Waals surface area contributed by atoms with Gasteiger partial charge in [-0.15, -0.1) is 11.3 Å². The third-order valence-electron chi connectivity index (χ3n) is 4.71. The van der Waals surface area contributed by atoms with E-state index in [1.165, 1.54) is 19.2 Å². The van der Waals surface area contributed by atoms with Crippen LogP contribution in [0.15, 0.2) is 16.3 Å². The zero-order valence-electron chi connectivity index (χ0n) is 16.0. The van der Waals surface area contributed by atoms with Crippen molar-refractivity contribution in [1.29, 1.82) is 0 Å². The Kier molecular flexibility index (Phi) is 8.97. The Labute approximate surface area is 171 Å². The summed E-state index contributed by atoms with van der Waals surface area (Å²) in [5, 5.41) is 2.80. The molecule has 0 aliphatic carbocycles. The lowest BCUT2D eigenvalue weighted by atomic mass is 10.2. The second kappa shape index (κ2) is 10.7. The van der Waals surface area contributed by atoms with Crippen LogP contribution in [0.1, 0.15) is 19.8 Å². The van der Waals surface area contributed by atoms with E-state index in [4.69, 9.17) is 11.6 Å². The number of rotatable bonds is 10. The Morgan fingerprint density at radius 2 is 1.89 bits per heavy atom. The molecule has 1 fully saturated rings. The minimum Gasteiger partial charge on any atom is -0.355 e. The summed E-state index contributed by atoms with van der Waals surface area (Å²) in [6.45, 7) is 9.18. The van der Waals surface area contributed by atoms with Gasteiger partial charge < -0.3 is 15.1 Å². The number of hydrogen-bond donors (Lipinski definition) is 1. The quantitative estimate of drug-likeness (QED) is 0.563. The van der Waals surface area contributed by atoms with Crippen LogP contribution < -0.4 is 5.32 Å². The molecule has 1 aliphatic heterocycles. The highest BCUT2D eigenvalue weighted by molar-refractivity contribution is 7.91. The molecule has 0 spiro atoms. The first-order valence-corrected chi connectivity index (χ1v) is 11.9. The van der Waals surface area contributed by atoms with Gasteiger partial charge in [0.25, 0.3) is 10.0 Å². The maximum absolute atomic E-state index is 12.4. The molecule has 2 rings (SSSR count). The Hall–Kier alpha value is -0.710. The third kappa shape index (κ3) is 6.99. The molecule has 154 valence electrons. The lowest BCUT2D eigenvalue weighted by Gasteiger charge is -2.33. The molecule has 0 radical (unpaired) electrons. The first-order chi connectivity index (χ1) is 12.8. The molecule has 1 aliphatic rings. The van der Waals surface area contributed by atoms with Gasteiger partial charge in [0, 0.05) is 39.8 Å². The average molecular weight is 437 g/mol. The summed E-state index contributed by atoms with van der Waals surface area (Å²) >= 11 is 6.78. The van der Waals surface area contributed by atoms with Crippen LogP contribution in [0.2, 0.25) is 4.34 Å². The number of unbranched alkanes of at least 4 members (excludes halogenated alkanes) is 1. The number of carbonyl (C=O) groups excluding carboxylic acids is 1. The average Bonchev–Trinajstić information content (AvgIpc) is 3.09. The van der Waals surface area contributed by atoms with Crippen LogP contribution in [0.4, 0.5) is 0 Å². The first kappa shape index (κ1) is 22.6. The smallest absolute Gasteiger partial charge is 0.252 e.